The van der Waals surface area contributed by atoms with Crippen molar-refractivity contribution >= 4 is 0 Å². The lowest BCUT2D eigenvalue weighted by Gasteiger charge is -2.48. The maximum atomic E-state index is 5.73. The molecule has 4 rings (SSSR count). The molecular weight excluding hydrogens is 154 g/mol. The zero-order chi connectivity index (χ0) is 8.02. The first-order valence-electron chi connectivity index (χ1n) is 4.90. The first-order chi connectivity index (χ1) is 5.89. The fourth-order valence-electron chi connectivity index (χ4n) is 2.80. The van der Waals surface area contributed by atoms with Gasteiger partial charge in [0.1, 0.15) is 0 Å². The van der Waals surface area contributed by atoms with Crippen LogP contribution in [0.4, 0.5) is 0 Å². The van der Waals surface area contributed by atoms with E-state index in [1.165, 1.54) is 19.4 Å². The molecular formula is C9H15NO2. The molecule has 4 fully saturated rings. The Bertz CT molecular complexity index is 181. The van der Waals surface area contributed by atoms with Gasteiger partial charge >= 0.3 is 0 Å². The summed E-state index contributed by atoms with van der Waals surface area (Å²) in [6.07, 6.45) is 3.70. The summed E-state index contributed by atoms with van der Waals surface area (Å²) in [5.74, 6) is 0.564. The minimum absolute atomic E-state index is 0.221. The zero-order valence-electron chi connectivity index (χ0n) is 7.21. The quantitative estimate of drug-likeness (QED) is 0.573. The Balaban J connectivity index is 1.86. The Morgan fingerprint density at radius 1 is 1.17 bits per heavy atom. The molecule has 3 saturated heterocycles. The minimum Gasteiger partial charge on any atom is -0.346 e. The van der Waals surface area contributed by atoms with Crippen LogP contribution < -0.4 is 5.32 Å². The Hall–Kier alpha value is -0.120. The van der Waals surface area contributed by atoms with Gasteiger partial charge in [0.15, 0.2) is 5.79 Å². The van der Waals surface area contributed by atoms with Crippen molar-refractivity contribution in [3.8, 4) is 0 Å². The van der Waals surface area contributed by atoms with Crippen LogP contribution in [-0.4, -0.2) is 31.6 Å². The number of hydrogen-bond acceptors (Lipinski definition) is 3. The lowest BCUT2D eigenvalue weighted by Crippen LogP contribution is -2.61. The van der Waals surface area contributed by atoms with Crippen LogP contribution in [0.5, 0.6) is 0 Å². The van der Waals surface area contributed by atoms with Gasteiger partial charge in [-0.1, -0.05) is 0 Å². The summed E-state index contributed by atoms with van der Waals surface area (Å²) in [6.45, 7) is 2.73. The molecule has 0 aromatic heterocycles. The third kappa shape index (κ3) is 0.873. The van der Waals surface area contributed by atoms with Crippen molar-refractivity contribution in [2.45, 2.75) is 31.1 Å². The number of hydrogen-bond donors (Lipinski definition) is 1. The monoisotopic (exact) mass is 169 g/mol. The average Bonchev–Trinajstić information content (AvgIpc) is 2.55. The highest BCUT2D eigenvalue weighted by Crippen LogP contribution is 2.41. The van der Waals surface area contributed by atoms with Crippen LogP contribution in [0.1, 0.15) is 19.3 Å². The average molecular weight is 169 g/mol. The molecule has 3 nitrogen and oxygen atoms in total. The first kappa shape index (κ1) is 7.30. The third-order valence-electron chi connectivity index (χ3n) is 3.40. The van der Waals surface area contributed by atoms with E-state index in [1.807, 2.05) is 0 Å². The molecule has 3 heterocycles. The summed E-state index contributed by atoms with van der Waals surface area (Å²) in [5, 5.41) is 3.50. The van der Waals surface area contributed by atoms with Crippen LogP contribution in [0.25, 0.3) is 0 Å². The van der Waals surface area contributed by atoms with E-state index in [-0.39, 0.29) is 5.79 Å². The standard InChI is InChI=1S/C9H15NO2/c1-2-8-9(11-3-4-12-9)5-7(1)6-10-8/h7-8,10H,1-6H2. The van der Waals surface area contributed by atoms with Gasteiger partial charge in [0.2, 0.25) is 0 Å². The van der Waals surface area contributed by atoms with Crippen LogP contribution in [0.3, 0.4) is 0 Å². The maximum absolute atomic E-state index is 5.73. The molecule has 2 bridgehead atoms. The minimum atomic E-state index is -0.221. The van der Waals surface area contributed by atoms with Crippen LogP contribution in [0.2, 0.25) is 0 Å². The van der Waals surface area contributed by atoms with E-state index >= 15 is 0 Å². The van der Waals surface area contributed by atoms with E-state index in [4.69, 9.17) is 9.47 Å². The second kappa shape index (κ2) is 2.44. The molecule has 1 spiro atoms. The van der Waals surface area contributed by atoms with Crippen LogP contribution in [0, 0.1) is 5.92 Å². The lowest BCUT2D eigenvalue weighted by molar-refractivity contribution is -0.218. The van der Waals surface area contributed by atoms with E-state index in [0.29, 0.717) is 6.04 Å². The van der Waals surface area contributed by atoms with Crippen molar-refractivity contribution in [1.82, 2.24) is 5.32 Å². The number of fused-ring (bicyclic) bond motifs is 2. The summed E-state index contributed by atoms with van der Waals surface area (Å²) in [6, 6.07) is 0.463. The van der Waals surface area contributed by atoms with E-state index in [9.17, 15) is 0 Å². The van der Waals surface area contributed by atoms with Crippen molar-refractivity contribution in [3.05, 3.63) is 0 Å². The normalized spacial score (nSPS) is 44.0. The Kier molecular flexibility index (Phi) is 1.48. The van der Waals surface area contributed by atoms with Crippen molar-refractivity contribution in [2.24, 2.45) is 5.92 Å². The molecule has 3 heteroatoms. The molecule has 0 amide bonds. The SMILES string of the molecule is C1COC2(CC3CCC2NC3)O1. The molecule has 12 heavy (non-hydrogen) atoms. The summed E-state index contributed by atoms with van der Waals surface area (Å²) in [5.41, 5.74) is 0. The maximum Gasteiger partial charge on any atom is 0.184 e. The zero-order valence-corrected chi connectivity index (χ0v) is 7.21. The molecule has 0 radical (unpaired) electrons. The Morgan fingerprint density at radius 3 is 2.50 bits per heavy atom. The van der Waals surface area contributed by atoms with Crippen LogP contribution in [-0.2, 0) is 9.47 Å². The molecule has 68 valence electrons. The van der Waals surface area contributed by atoms with E-state index in [2.05, 4.69) is 5.32 Å². The molecule has 4 aliphatic rings. The van der Waals surface area contributed by atoms with Gasteiger partial charge in [-0.05, 0) is 25.3 Å². The summed E-state index contributed by atoms with van der Waals surface area (Å²) in [4.78, 5) is 0. The highest BCUT2D eigenvalue weighted by atomic mass is 16.7. The number of rotatable bonds is 0. The number of nitrogens with one attached hydrogen (secondary N) is 1. The highest BCUT2D eigenvalue weighted by Gasteiger charge is 2.51. The smallest absolute Gasteiger partial charge is 0.184 e. The second-order valence-electron chi connectivity index (χ2n) is 4.12. The molecule has 1 saturated carbocycles. The summed E-state index contributed by atoms with van der Waals surface area (Å²) >= 11 is 0. The third-order valence-corrected chi connectivity index (χ3v) is 3.40. The van der Waals surface area contributed by atoms with E-state index in [0.717, 1.165) is 25.6 Å². The summed E-state index contributed by atoms with van der Waals surface area (Å²) in [7, 11) is 0. The Labute approximate surface area is 72.4 Å². The molecule has 2 atom stereocenters. The van der Waals surface area contributed by atoms with Gasteiger partial charge in [0, 0.05) is 6.42 Å². The van der Waals surface area contributed by atoms with Gasteiger partial charge in [0.25, 0.3) is 0 Å². The van der Waals surface area contributed by atoms with Gasteiger partial charge in [-0.15, -0.1) is 0 Å². The molecule has 3 aliphatic heterocycles. The van der Waals surface area contributed by atoms with E-state index < -0.39 is 0 Å². The van der Waals surface area contributed by atoms with Gasteiger partial charge < -0.3 is 14.8 Å². The summed E-state index contributed by atoms with van der Waals surface area (Å²) < 4.78 is 11.5. The second-order valence-corrected chi connectivity index (χ2v) is 4.12. The van der Waals surface area contributed by atoms with Gasteiger partial charge in [-0.3, -0.25) is 0 Å². The fourth-order valence-corrected chi connectivity index (χ4v) is 2.80. The number of ether oxygens (including phenoxy) is 2. The molecule has 1 N–H and O–H groups in total. The predicted molar refractivity (Wildman–Crippen MR) is 43.8 cm³/mol. The van der Waals surface area contributed by atoms with E-state index in [1.54, 1.807) is 0 Å². The topological polar surface area (TPSA) is 30.5 Å². The van der Waals surface area contributed by atoms with Gasteiger partial charge in [-0.2, -0.15) is 0 Å². The largest absolute Gasteiger partial charge is 0.346 e. The van der Waals surface area contributed by atoms with Gasteiger partial charge in [0.05, 0.1) is 19.3 Å². The molecule has 0 aromatic carbocycles. The van der Waals surface area contributed by atoms with Crippen molar-refractivity contribution in [2.75, 3.05) is 19.8 Å². The van der Waals surface area contributed by atoms with Crippen molar-refractivity contribution in [3.63, 3.8) is 0 Å². The van der Waals surface area contributed by atoms with Crippen LogP contribution in [0.15, 0.2) is 0 Å². The molecule has 1 aliphatic carbocycles. The first-order valence-corrected chi connectivity index (χ1v) is 4.90. The predicted octanol–water partition coefficient (Wildman–Crippen LogP) is 0.501. The molecule has 0 aromatic rings. The van der Waals surface area contributed by atoms with Crippen LogP contribution >= 0.6 is 0 Å². The van der Waals surface area contributed by atoms with Gasteiger partial charge in [-0.25, -0.2) is 0 Å². The highest BCUT2D eigenvalue weighted by molar-refractivity contribution is 4.99. The number of piperidine rings is 2. The van der Waals surface area contributed by atoms with Crippen molar-refractivity contribution < 1.29 is 9.47 Å². The fraction of sp³-hybridized carbons (Fsp3) is 1.00. The van der Waals surface area contributed by atoms with Crippen molar-refractivity contribution in [1.29, 1.82) is 0 Å². The Morgan fingerprint density at radius 2 is 2.00 bits per heavy atom. The molecule has 2 unspecified atom stereocenters. The lowest BCUT2D eigenvalue weighted by atomic mass is 9.77.